The molecule has 20 heavy (non-hydrogen) atoms. The van der Waals surface area contributed by atoms with E-state index in [9.17, 15) is 0 Å². The first-order chi connectivity index (χ1) is 9.72. The van der Waals surface area contributed by atoms with Crippen molar-refractivity contribution in [2.24, 2.45) is 0 Å². The SMILES string of the molecule is CCCNc1cc(-c2cccc(CCC)c2)nc(C)n1. The molecule has 3 nitrogen and oxygen atoms in total. The molecule has 0 saturated heterocycles. The average molecular weight is 269 g/mol. The maximum absolute atomic E-state index is 4.56. The summed E-state index contributed by atoms with van der Waals surface area (Å²) in [4.78, 5) is 9.00. The molecular weight excluding hydrogens is 246 g/mol. The van der Waals surface area contributed by atoms with Gasteiger partial charge in [0.2, 0.25) is 0 Å². The Hall–Kier alpha value is -1.90. The van der Waals surface area contributed by atoms with E-state index in [-0.39, 0.29) is 0 Å². The zero-order chi connectivity index (χ0) is 14.4. The summed E-state index contributed by atoms with van der Waals surface area (Å²) in [6, 6.07) is 10.7. The Balaban J connectivity index is 2.31. The Morgan fingerprint density at radius 2 is 1.90 bits per heavy atom. The highest BCUT2D eigenvalue weighted by Gasteiger charge is 2.05. The molecule has 1 aromatic carbocycles. The van der Waals surface area contributed by atoms with Crippen molar-refractivity contribution < 1.29 is 0 Å². The first-order valence-electron chi connectivity index (χ1n) is 7.41. The van der Waals surface area contributed by atoms with Crippen LogP contribution in [0.4, 0.5) is 5.82 Å². The fraction of sp³-hybridized carbons (Fsp3) is 0.412. The lowest BCUT2D eigenvalue weighted by Gasteiger charge is -2.09. The fourth-order valence-corrected chi connectivity index (χ4v) is 2.23. The summed E-state index contributed by atoms with van der Waals surface area (Å²) in [5.41, 5.74) is 3.53. The van der Waals surface area contributed by atoms with Crippen molar-refractivity contribution in [1.82, 2.24) is 9.97 Å². The molecule has 106 valence electrons. The largest absolute Gasteiger partial charge is 0.370 e. The minimum Gasteiger partial charge on any atom is -0.370 e. The monoisotopic (exact) mass is 269 g/mol. The van der Waals surface area contributed by atoms with Gasteiger partial charge in [-0.3, -0.25) is 0 Å². The van der Waals surface area contributed by atoms with Crippen LogP contribution in [-0.4, -0.2) is 16.5 Å². The molecule has 0 fully saturated rings. The first-order valence-corrected chi connectivity index (χ1v) is 7.41. The molecule has 0 atom stereocenters. The molecule has 0 spiro atoms. The Morgan fingerprint density at radius 3 is 2.65 bits per heavy atom. The quantitative estimate of drug-likeness (QED) is 0.853. The lowest BCUT2D eigenvalue weighted by Crippen LogP contribution is -2.04. The maximum Gasteiger partial charge on any atom is 0.130 e. The number of anilines is 1. The normalized spacial score (nSPS) is 10.6. The van der Waals surface area contributed by atoms with Crippen LogP contribution < -0.4 is 5.32 Å². The molecule has 0 aliphatic carbocycles. The smallest absolute Gasteiger partial charge is 0.130 e. The summed E-state index contributed by atoms with van der Waals surface area (Å²) >= 11 is 0. The van der Waals surface area contributed by atoms with Gasteiger partial charge in [0.25, 0.3) is 0 Å². The predicted octanol–water partition coefficient (Wildman–Crippen LogP) is 4.23. The van der Waals surface area contributed by atoms with Gasteiger partial charge in [-0.15, -0.1) is 0 Å². The van der Waals surface area contributed by atoms with E-state index < -0.39 is 0 Å². The van der Waals surface area contributed by atoms with E-state index in [1.807, 2.05) is 13.0 Å². The maximum atomic E-state index is 4.56. The Kier molecular flexibility index (Phi) is 5.10. The second-order valence-electron chi connectivity index (χ2n) is 5.06. The number of aryl methyl sites for hydroxylation is 2. The third-order valence-corrected chi connectivity index (χ3v) is 3.16. The molecule has 0 saturated carbocycles. The van der Waals surface area contributed by atoms with E-state index in [1.165, 1.54) is 11.1 Å². The molecule has 0 aliphatic rings. The van der Waals surface area contributed by atoms with Crippen LogP contribution in [0.15, 0.2) is 30.3 Å². The van der Waals surface area contributed by atoms with Gasteiger partial charge in [-0.2, -0.15) is 0 Å². The first kappa shape index (κ1) is 14.5. The van der Waals surface area contributed by atoms with Crippen molar-refractivity contribution in [3.05, 3.63) is 41.7 Å². The van der Waals surface area contributed by atoms with Crippen LogP contribution in [0.5, 0.6) is 0 Å². The molecule has 0 unspecified atom stereocenters. The van der Waals surface area contributed by atoms with Crippen molar-refractivity contribution in [1.29, 1.82) is 0 Å². The molecule has 0 aliphatic heterocycles. The Bertz CT molecular complexity index is 564. The van der Waals surface area contributed by atoms with Gasteiger partial charge >= 0.3 is 0 Å². The van der Waals surface area contributed by atoms with E-state index in [0.717, 1.165) is 43.1 Å². The van der Waals surface area contributed by atoms with Gasteiger partial charge in [0.05, 0.1) is 5.69 Å². The van der Waals surface area contributed by atoms with Gasteiger partial charge < -0.3 is 5.32 Å². The number of rotatable bonds is 6. The number of aromatic nitrogens is 2. The number of benzene rings is 1. The van der Waals surface area contributed by atoms with Gasteiger partial charge in [-0.1, -0.05) is 38.5 Å². The summed E-state index contributed by atoms with van der Waals surface area (Å²) in [5.74, 6) is 1.72. The lowest BCUT2D eigenvalue weighted by molar-refractivity contribution is 0.921. The zero-order valence-electron chi connectivity index (χ0n) is 12.6. The van der Waals surface area contributed by atoms with Crippen LogP contribution in [0.1, 0.15) is 38.1 Å². The van der Waals surface area contributed by atoms with Crippen molar-refractivity contribution in [2.75, 3.05) is 11.9 Å². The van der Waals surface area contributed by atoms with E-state index in [0.29, 0.717) is 0 Å². The molecule has 1 heterocycles. The molecule has 0 amide bonds. The number of hydrogen-bond donors (Lipinski definition) is 1. The summed E-state index contributed by atoms with van der Waals surface area (Å²) in [6.45, 7) is 7.23. The van der Waals surface area contributed by atoms with Crippen LogP contribution in [0.3, 0.4) is 0 Å². The summed E-state index contributed by atoms with van der Waals surface area (Å²) in [5, 5.41) is 3.33. The minimum absolute atomic E-state index is 0.807. The van der Waals surface area contributed by atoms with Crippen LogP contribution in [0, 0.1) is 6.92 Å². The molecule has 0 radical (unpaired) electrons. The highest BCUT2D eigenvalue weighted by molar-refractivity contribution is 5.63. The summed E-state index contributed by atoms with van der Waals surface area (Å²) < 4.78 is 0. The number of hydrogen-bond acceptors (Lipinski definition) is 3. The van der Waals surface area contributed by atoms with Crippen LogP contribution in [-0.2, 0) is 6.42 Å². The average Bonchev–Trinajstić information content (AvgIpc) is 2.45. The van der Waals surface area contributed by atoms with E-state index >= 15 is 0 Å². The van der Waals surface area contributed by atoms with Crippen molar-refractivity contribution >= 4 is 5.82 Å². The fourth-order valence-electron chi connectivity index (χ4n) is 2.23. The third kappa shape index (κ3) is 3.80. The van der Waals surface area contributed by atoms with E-state index in [4.69, 9.17) is 0 Å². The molecule has 1 aromatic heterocycles. The van der Waals surface area contributed by atoms with Crippen molar-refractivity contribution in [3.8, 4) is 11.3 Å². The van der Waals surface area contributed by atoms with E-state index in [1.54, 1.807) is 0 Å². The summed E-state index contributed by atoms with van der Waals surface area (Å²) in [6.07, 6.45) is 3.36. The molecule has 3 heteroatoms. The molecule has 2 aromatic rings. The zero-order valence-corrected chi connectivity index (χ0v) is 12.6. The van der Waals surface area contributed by atoms with Gasteiger partial charge in [0.15, 0.2) is 0 Å². The number of nitrogens with zero attached hydrogens (tertiary/aromatic N) is 2. The summed E-state index contributed by atoms with van der Waals surface area (Å²) in [7, 11) is 0. The lowest BCUT2D eigenvalue weighted by atomic mass is 10.0. The molecule has 0 bridgehead atoms. The minimum atomic E-state index is 0.807. The van der Waals surface area contributed by atoms with Gasteiger partial charge in [0, 0.05) is 18.2 Å². The third-order valence-electron chi connectivity index (χ3n) is 3.16. The van der Waals surface area contributed by atoms with Crippen LogP contribution >= 0.6 is 0 Å². The van der Waals surface area contributed by atoms with Crippen LogP contribution in [0.25, 0.3) is 11.3 Å². The van der Waals surface area contributed by atoms with Crippen molar-refractivity contribution in [3.63, 3.8) is 0 Å². The van der Waals surface area contributed by atoms with E-state index in [2.05, 4.69) is 53.4 Å². The second-order valence-corrected chi connectivity index (χ2v) is 5.06. The Morgan fingerprint density at radius 1 is 1.05 bits per heavy atom. The van der Waals surface area contributed by atoms with Gasteiger partial charge in [-0.05, 0) is 31.4 Å². The second kappa shape index (κ2) is 7.04. The van der Waals surface area contributed by atoms with Gasteiger partial charge in [0.1, 0.15) is 11.6 Å². The molecular formula is C17H23N3. The molecule has 1 N–H and O–H groups in total. The highest BCUT2D eigenvalue weighted by Crippen LogP contribution is 2.21. The highest BCUT2D eigenvalue weighted by atomic mass is 15.0. The van der Waals surface area contributed by atoms with Gasteiger partial charge in [-0.25, -0.2) is 9.97 Å². The van der Waals surface area contributed by atoms with Crippen molar-refractivity contribution in [2.45, 2.75) is 40.0 Å². The molecule has 2 rings (SSSR count). The topological polar surface area (TPSA) is 37.8 Å². The van der Waals surface area contributed by atoms with Crippen LogP contribution in [0.2, 0.25) is 0 Å². The Labute approximate surface area is 121 Å². The predicted molar refractivity (Wildman–Crippen MR) is 85.0 cm³/mol. The number of nitrogens with one attached hydrogen (secondary N) is 1. The standard InChI is InChI=1S/C17H23N3/c1-4-7-14-8-6-9-15(11-14)16-12-17(18-10-5-2)20-13(3)19-16/h6,8-9,11-12H,4-5,7,10H2,1-3H3,(H,18,19,20).